The van der Waals surface area contributed by atoms with Gasteiger partial charge in [-0.15, -0.1) is 10.2 Å². The molecule has 72 valence electrons. The normalized spacial score (nSPS) is 10.1. The number of ether oxygens (including phenoxy) is 1. The Hall–Kier alpha value is -0.580. The highest BCUT2D eigenvalue weighted by Gasteiger charge is 2.04. The zero-order valence-electron chi connectivity index (χ0n) is 6.70. The van der Waals surface area contributed by atoms with Gasteiger partial charge < -0.3 is 9.84 Å². The van der Waals surface area contributed by atoms with Crippen molar-refractivity contribution in [1.29, 1.82) is 0 Å². The van der Waals surface area contributed by atoms with Gasteiger partial charge in [-0.05, 0) is 0 Å². The summed E-state index contributed by atoms with van der Waals surface area (Å²) in [5.41, 5.74) is 0. The maximum atomic E-state index is 8.50. The van der Waals surface area contributed by atoms with E-state index in [4.69, 9.17) is 33.0 Å². The molecule has 1 rings (SSSR count). The minimum absolute atomic E-state index is 0.0733. The van der Waals surface area contributed by atoms with Crippen LogP contribution in [-0.2, 0) is 0 Å². The van der Waals surface area contributed by atoms with Crippen LogP contribution in [-0.4, -0.2) is 28.5 Å². The van der Waals surface area contributed by atoms with Crippen molar-refractivity contribution in [1.82, 2.24) is 10.2 Å². The first-order valence-electron chi connectivity index (χ1n) is 3.66. The first-order valence-corrected chi connectivity index (χ1v) is 4.42. The predicted molar refractivity (Wildman–Crippen MR) is 49.2 cm³/mol. The zero-order valence-corrected chi connectivity index (χ0v) is 8.22. The van der Waals surface area contributed by atoms with Crippen LogP contribution in [0.3, 0.4) is 0 Å². The molecule has 13 heavy (non-hydrogen) atoms. The fourth-order valence-electron chi connectivity index (χ4n) is 0.685. The molecular weight excluding hydrogens is 215 g/mol. The van der Waals surface area contributed by atoms with E-state index in [0.29, 0.717) is 18.8 Å². The van der Waals surface area contributed by atoms with E-state index in [0.717, 1.165) is 0 Å². The maximum absolute atomic E-state index is 8.50. The third-order valence-corrected chi connectivity index (χ3v) is 1.69. The molecule has 0 saturated carbocycles. The molecule has 0 amide bonds. The molecular formula is C7H8Cl2N2O2. The lowest BCUT2D eigenvalue weighted by atomic mass is 10.5. The van der Waals surface area contributed by atoms with Crippen molar-refractivity contribution in [2.45, 2.75) is 6.42 Å². The zero-order chi connectivity index (χ0) is 9.68. The Kier molecular flexibility index (Phi) is 4.21. The van der Waals surface area contributed by atoms with E-state index in [2.05, 4.69) is 10.2 Å². The molecule has 0 unspecified atom stereocenters. The summed E-state index contributed by atoms with van der Waals surface area (Å²) in [6, 6.07) is 1.48. The summed E-state index contributed by atoms with van der Waals surface area (Å²) < 4.78 is 5.18. The monoisotopic (exact) mass is 222 g/mol. The number of aromatic nitrogens is 2. The molecule has 4 nitrogen and oxygen atoms in total. The number of aliphatic hydroxyl groups is 1. The van der Waals surface area contributed by atoms with Crippen LogP contribution in [0.5, 0.6) is 5.75 Å². The molecule has 0 atom stereocenters. The predicted octanol–water partition coefficient (Wildman–Crippen LogP) is 1.54. The Morgan fingerprint density at radius 2 is 2.15 bits per heavy atom. The number of aliphatic hydroxyl groups excluding tert-OH is 1. The van der Waals surface area contributed by atoms with Gasteiger partial charge >= 0.3 is 0 Å². The number of halogens is 2. The Bertz CT molecular complexity index is 283. The average molecular weight is 223 g/mol. The Morgan fingerprint density at radius 3 is 2.85 bits per heavy atom. The molecule has 0 aliphatic carbocycles. The Morgan fingerprint density at radius 1 is 1.38 bits per heavy atom. The molecule has 0 radical (unpaired) electrons. The molecule has 1 heterocycles. The second kappa shape index (κ2) is 5.21. The fourth-order valence-corrected chi connectivity index (χ4v) is 0.969. The molecule has 6 heteroatoms. The van der Waals surface area contributed by atoms with Gasteiger partial charge in [0.15, 0.2) is 16.1 Å². The number of hydrogen-bond donors (Lipinski definition) is 1. The van der Waals surface area contributed by atoms with Crippen molar-refractivity contribution >= 4 is 23.2 Å². The molecule has 0 spiro atoms. The van der Waals surface area contributed by atoms with Crippen LogP contribution in [0.2, 0.25) is 10.3 Å². The van der Waals surface area contributed by atoms with Gasteiger partial charge in [0.1, 0.15) is 0 Å². The molecule has 0 fully saturated rings. The maximum Gasteiger partial charge on any atom is 0.193 e. The van der Waals surface area contributed by atoms with Crippen LogP contribution in [0.4, 0.5) is 0 Å². The van der Waals surface area contributed by atoms with Gasteiger partial charge in [0.2, 0.25) is 0 Å². The van der Waals surface area contributed by atoms with Crippen LogP contribution < -0.4 is 4.74 Å². The highest BCUT2D eigenvalue weighted by Crippen LogP contribution is 2.23. The number of nitrogens with zero attached hydrogens (tertiary/aromatic N) is 2. The summed E-state index contributed by atoms with van der Waals surface area (Å²) in [4.78, 5) is 0. The summed E-state index contributed by atoms with van der Waals surface area (Å²) in [5, 5.41) is 16.0. The highest BCUT2D eigenvalue weighted by atomic mass is 35.5. The van der Waals surface area contributed by atoms with Gasteiger partial charge in [-0.1, -0.05) is 23.2 Å². The number of rotatable bonds is 4. The van der Waals surface area contributed by atoms with Crippen molar-refractivity contribution in [3.05, 3.63) is 16.4 Å². The quantitative estimate of drug-likeness (QED) is 0.786. The molecule has 1 aromatic rings. The third kappa shape index (κ3) is 3.34. The molecule has 0 aliphatic heterocycles. The van der Waals surface area contributed by atoms with Crippen molar-refractivity contribution in [3.8, 4) is 5.75 Å². The van der Waals surface area contributed by atoms with Crippen molar-refractivity contribution in [3.63, 3.8) is 0 Å². The van der Waals surface area contributed by atoms with Crippen LogP contribution >= 0.6 is 23.2 Å². The molecule has 1 N–H and O–H groups in total. The standard InChI is InChI=1S/C7H8Cl2N2O2/c8-6-4-5(7(9)11-10-6)13-3-1-2-12/h4,12H,1-3H2. The van der Waals surface area contributed by atoms with Crippen LogP contribution in [0, 0.1) is 0 Å². The summed E-state index contributed by atoms with van der Waals surface area (Å²) in [6.45, 7) is 0.447. The summed E-state index contributed by atoms with van der Waals surface area (Å²) in [7, 11) is 0. The van der Waals surface area contributed by atoms with Gasteiger partial charge in [-0.25, -0.2) is 0 Å². The Labute approximate surface area is 85.4 Å². The molecule has 0 bridgehead atoms. The first-order chi connectivity index (χ1) is 6.24. The average Bonchev–Trinajstić information content (AvgIpc) is 2.11. The van der Waals surface area contributed by atoms with Gasteiger partial charge in [-0.3, -0.25) is 0 Å². The Balaban J connectivity index is 2.59. The van der Waals surface area contributed by atoms with Crippen molar-refractivity contribution < 1.29 is 9.84 Å². The molecule has 0 saturated heterocycles. The van der Waals surface area contributed by atoms with E-state index in [1.165, 1.54) is 6.07 Å². The lowest BCUT2D eigenvalue weighted by Crippen LogP contribution is -2.01. The topological polar surface area (TPSA) is 55.2 Å². The van der Waals surface area contributed by atoms with E-state index in [9.17, 15) is 0 Å². The van der Waals surface area contributed by atoms with Gasteiger partial charge in [-0.2, -0.15) is 0 Å². The highest BCUT2D eigenvalue weighted by molar-refractivity contribution is 6.32. The fraction of sp³-hybridized carbons (Fsp3) is 0.429. The van der Waals surface area contributed by atoms with Gasteiger partial charge in [0.05, 0.1) is 6.61 Å². The lowest BCUT2D eigenvalue weighted by molar-refractivity contribution is 0.233. The van der Waals surface area contributed by atoms with Crippen LogP contribution in [0.15, 0.2) is 6.07 Å². The van der Waals surface area contributed by atoms with Crippen molar-refractivity contribution in [2.24, 2.45) is 0 Å². The van der Waals surface area contributed by atoms with E-state index in [-0.39, 0.29) is 16.9 Å². The van der Waals surface area contributed by atoms with E-state index in [1.807, 2.05) is 0 Å². The summed E-state index contributed by atoms with van der Waals surface area (Å²) >= 11 is 11.2. The summed E-state index contributed by atoms with van der Waals surface area (Å²) in [5.74, 6) is 0.384. The summed E-state index contributed by atoms with van der Waals surface area (Å²) in [6.07, 6.45) is 0.538. The van der Waals surface area contributed by atoms with Crippen LogP contribution in [0.25, 0.3) is 0 Å². The minimum atomic E-state index is 0.0733. The molecule has 0 aliphatic rings. The smallest absolute Gasteiger partial charge is 0.193 e. The van der Waals surface area contributed by atoms with Gasteiger partial charge in [0, 0.05) is 19.1 Å². The van der Waals surface area contributed by atoms with Gasteiger partial charge in [0.25, 0.3) is 0 Å². The van der Waals surface area contributed by atoms with Crippen molar-refractivity contribution in [2.75, 3.05) is 13.2 Å². The van der Waals surface area contributed by atoms with Crippen LogP contribution in [0.1, 0.15) is 6.42 Å². The number of hydrogen-bond acceptors (Lipinski definition) is 4. The second-order valence-electron chi connectivity index (χ2n) is 2.25. The molecule has 1 aromatic heterocycles. The largest absolute Gasteiger partial charge is 0.490 e. The minimum Gasteiger partial charge on any atom is -0.490 e. The third-order valence-electron chi connectivity index (χ3n) is 1.25. The SMILES string of the molecule is OCCCOc1cc(Cl)nnc1Cl. The van der Waals surface area contributed by atoms with E-state index < -0.39 is 0 Å². The molecule has 0 aromatic carbocycles. The second-order valence-corrected chi connectivity index (χ2v) is 2.99. The first kappa shape index (κ1) is 10.5. The lowest BCUT2D eigenvalue weighted by Gasteiger charge is -2.05. The van der Waals surface area contributed by atoms with E-state index in [1.54, 1.807) is 0 Å². The van der Waals surface area contributed by atoms with E-state index >= 15 is 0 Å².